The van der Waals surface area contributed by atoms with Gasteiger partial charge < -0.3 is 10.2 Å². The molecule has 116 valence electrons. The minimum absolute atomic E-state index is 0.0612. The van der Waals surface area contributed by atoms with Crippen molar-refractivity contribution in [2.24, 2.45) is 5.92 Å². The van der Waals surface area contributed by atoms with E-state index in [2.05, 4.69) is 5.32 Å². The summed E-state index contributed by atoms with van der Waals surface area (Å²) in [6, 6.07) is 9.04. The van der Waals surface area contributed by atoms with Gasteiger partial charge in [-0.3, -0.25) is 14.4 Å². The molecule has 5 heteroatoms. The van der Waals surface area contributed by atoms with Gasteiger partial charge in [0.05, 0.1) is 0 Å². The van der Waals surface area contributed by atoms with Gasteiger partial charge in [-0.25, -0.2) is 0 Å². The highest BCUT2D eigenvalue weighted by atomic mass is 16.2. The molecule has 5 nitrogen and oxygen atoms in total. The van der Waals surface area contributed by atoms with Gasteiger partial charge >= 0.3 is 0 Å². The van der Waals surface area contributed by atoms with Crippen molar-refractivity contribution in [2.75, 3.05) is 0 Å². The topological polar surface area (TPSA) is 66.5 Å². The summed E-state index contributed by atoms with van der Waals surface area (Å²) >= 11 is 0. The number of benzene rings is 1. The van der Waals surface area contributed by atoms with Crippen molar-refractivity contribution in [1.82, 2.24) is 10.2 Å². The largest absolute Gasteiger partial charge is 0.347 e. The standard InChI is InChI=1S/C17H20N2O3/c1-11-9-14(20)19(10-12-5-3-2-4-6-12)15(11)16(21)17(22)18-13-7-8-13/h2-6,11,13,15H,7-10H2,1H3,(H,18,22). The minimum Gasteiger partial charge on any atom is -0.347 e. The lowest BCUT2D eigenvalue weighted by Crippen LogP contribution is -2.47. The Labute approximate surface area is 129 Å². The maximum Gasteiger partial charge on any atom is 0.289 e. The Morgan fingerprint density at radius 1 is 1.23 bits per heavy atom. The zero-order chi connectivity index (χ0) is 15.7. The number of rotatable bonds is 5. The average Bonchev–Trinajstić information content (AvgIpc) is 3.26. The van der Waals surface area contributed by atoms with Crippen LogP contribution in [0.25, 0.3) is 0 Å². The summed E-state index contributed by atoms with van der Waals surface area (Å²) in [5.41, 5.74) is 0.963. The first kappa shape index (κ1) is 14.8. The van der Waals surface area contributed by atoms with Gasteiger partial charge in [0.1, 0.15) is 6.04 Å². The zero-order valence-corrected chi connectivity index (χ0v) is 12.6. The van der Waals surface area contributed by atoms with E-state index in [1.54, 1.807) is 4.90 Å². The molecule has 0 radical (unpaired) electrons. The molecular formula is C17H20N2O3. The van der Waals surface area contributed by atoms with Gasteiger partial charge in [0, 0.05) is 19.0 Å². The highest BCUT2D eigenvalue weighted by molar-refractivity contribution is 6.38. The number of hydrogen-bond donors (Lipinski definition) is 1. The first-order valence-corrected chi connectivity index (χ1v) is 7.74. The molecule has 1 aromatic rings. The predicted octanol–water partition coefficient (Wildman–Crippen LogP) is 1.27. The highest BCUT2D eigenvalue weighted by Gasteiger charge is 2.44. The van der Waals surface area contributed by atoms with E-state index >= 15 is 0 Å². The maximum atomic E-state index is 12.5. The molecule has 1 saturated carbocycles. The van der Waals surface area contributed by atoms with Gasteiger partial charge in [0.15, 0.2) is 0 Å². The monoisotopic (exact) mass is 300 g/mol. The predicted molar refractivity (Wildman–Crippen MR) is 80.7 cm³/mol. The van der Waals surface area contributed by atoms with Crippen LogP contribution in [0.1, 0.15) is 31.7 Å². The number of nitrogens with zero attached hydrogens (tertiary/aromatic N) is 1. The number of carbonyl (C=O) groups excluding carboxylic acids is 3. The summed E-state index contributed by atoms with van der Waals surface area (Å²) in [7, 11) is 0. The van der Waals surface area contributed by atoms with Gasteiger partial charge in [0.25, 0.3) is 5.91 Å². The van der Waals surface area contributed by atoms with Crippen LogP contribution in [0.5, 0.6) is 0 Å². The quantitative estimate of drug-likeness (QED) is 0.833. The van der Waals surface area contributed by atoms with Crippen LogP contribution in [-0.4, -0.2) is 34.6 Å². The smallest absolute Gasteiger partial charge is 0.289 e. The Kier molecular flexibility index (Phi) is 3.96. The fourth-order valence-electron chi connectivity index (χ4n) is 2.95. The molecule has 0 aromatic heterocycles. The average molecular weight is 300 g/mol. The lowest BCUT2D eigenvalue weighted by Gasteiger charge is -2.25. The molecule has 1 aromatic carbocycles. The number of Topliss-reactive ketones (excluding diaryl/α,β-unsaturated/α-hetero) is 1. The number of likely N-dealkylation sites (tertiary alicyclic amines) is 1. The molecule has 2 unspecified atom stereocenters. The fraction of sp³-hybridized carbons (Fsp3) is 0.471. The third kappa shape index (κ3) is 3.03. The summed E-state index contributed by atoms with van der Waals surface area (Å²) in [5, 5.41) is 2.72. The van der Waals surface area contributed by atoms with Crippen LogP contribution in [-0.2, 0) is 20.9 Å². The summed E-state index contributed by atoms with van der Waals surface area (Å²) in [6.45, 7) is 2.23. The van der Waals surface area contributed by atoms with E-state index in [1.165, 1.54) is 0 Å². The normalized spacial score (nSPS) is 24.4. The van der Waals surface area contributed by atoms with Crippen molar-refractivity contribution < 1.29 is 14.4 Å². The van der Waals surface area contributed by atoms with Gasteiger partial charge in [-0.1, -0.05) is 37.3 Å². The zero-order valence-electron chi connectivity index (χ0n) is 12.6. The van der Waals surface area contributed by atoms with Crippen molar-refractivity contribution in [2.45, 2.75) is 44.8 Å². The van der Waals surface area contributed by atoms with Crippen molar-refractivity contribution in [3.63, 3.8) is 0 Å². The van der Waals surface area contributed by atoms with Crippen LogP contribution in [0.3, 0.4) is 0 Å². The van der Waals surface area contributed by atoms with Crippen LogP contribution >= 0.6 is 0 Å². The SMILES string of the molecule is CC1CC(=O)N(Cc2ccccc2)C1C(=O)C(=O)NC1CC1. The van der Waals surface area contributed by atoms with Gasteiger partial charge in [-0.15, -0.1) is 0 Å². The first-order valence-electron chi connectivity index (χ1n) is 7.74. The first-order chi connectivity index (χ1) is 10.6. The van der Waals surface area contributed by atoms with E-state index in [-0.39, 0.29) is 17.9 Å². The summed E-state index contributed by atoms with van der Waals surface area (Å²) in [4.78, 5) is 38.2. The van der Waals surface area contributed by atoms with E-state index in [0.717, 1.165) is 18.4 Å². The second kappa shape index (κ2) is 5.91. The molecule has 3 rings (SSSR count). The molecule has 0 bridgehead atoms. The number of amides is 2. The molecule has 1 N–H and O–H groups in total. The Morgan fingerprint density at radius 3 is 2.55 bits per heavy atom. The Balaban J connectivity index is 1.75. The van der Waals surface area contributed by atoms with Gasteiger partial charge in [0.2, 0.25) is 11.7 Å². The highest BCUT2D eigenvalue weighted by Crippen LogP contribution is 2.28. The van der Waals surface area contributed by atoms with Crippen LogP contribution < -0.4 is 5.32 Å². The van der Waals surface area contributed by atoms with E-state index < -0.39 is 17.7 Å². The molecule has 22 heavy (non-hydrogen) atoms. The second-order valence-corrected chi connectivity index (χ2v) is 6.25. The molecule has 0 spiro atoms. The summed E-state index contributed by atoms with van der Waals surface area (Å²) < 4.78 is 0. The molecule has 2 atom stereocenters. The molecule has 2 amide bonds. The van der Waals surface area contributed by atoms with Gasteiger partial charge in [-0.2, -0.15) is 0 Å². The molecule has 1 aliphatic heterocycles. The van der Waals surface area contributed by atoms with Gasteiger partial charge in [-0.05, 0) is 24.3 Å². The van der Waals surface area contributed by atoms with E-state index in [9.17, 15) is 14.4 Å². The van der Waals surface area contributed by atoms with E-state index in [0.29, 0.717) is 13.0 Å². The van der Waals surface area contributed by atoms with Crippen molar-refractivity contribution in [3.8, 4) is 0 Å². The molecule has 2 aliphatic rings. The molecule has 1 saturated heterocycles. The van der Waals surface area contributed by atoms with Crippen molar-refractivity contribution in [1.29, 1.82) is 0 Å². The van der Waals surface area contributed by atoms with Crippen molar-refractivity contribution >= 4 is 17.6 Å². The molecule has 1 aliphatic carbocycles. The van der Waals surface area contributed by atoms with E-state index in [4.69, 9.17) is 0 Å². The maximum absolute atomic E-state index is 12.5. The summed E-state index contributed by atoms with van der Waals surface area (Å²) in [5.74, 6) is -1.23. The van der Waals surface area contributed by atoms with Crippen LogP contribution in [0.15, 0.2) is 30.3 Å². The number of hydrogen-bond acceptors (Lipinski definition) is 3. The van der Waals surface area contributed by atoms with E-state index in [1.807, 2.05) is 37.3 Å². The van der Waals surface area contributed by atoms with Crippen molar-refractivity contribution in [3.05, 3.63) is 35.9 Å². The number of ketones is 1. The minimum atomic E-state index is -0.647. The Hall–Kier alpha value is -2.17. The van der Waals surface area contributed by atoms with Crippen LogP contribution in [0.4, 0.5) is 0 Å². The Bertz CT molecular complexity index is 595. The Morgan fingerprint density at radius 2 is 1.91 bits per heavy atom. The molecule has 2 fully saturated rings. The second-order valence-electron chi connectivity index (χ2n) is 6.25. The molecular weight excluding hydrogens is 280 g/mol. The number of nitrogens with one attached hydrogen (secondary N) is 1. The van der Waals surface area contributed by atoms with Crippen LogP contribution in [0, 0.1) is 5.92 Å². The van der Waals surface area contributed by atoms with Crippen LogP contribution in [0.2, 0.25) is 0 Å². The number of carbonyl (C=O) groups is 3. The third-order valence-corrected chi connectivity index (χ3v) is 4.29. The summed E-state index contributed by atoms with van der Waals surface area (Å²) in [6.07, 6.45) is 2.19. The fourth-order valence-corrected chi connectivity index (χ4v) is 2.95. The third-order valence-electron chi connectivity index (χ3n) is 4.29. The molecule has 1 heterocycles. The lowest BCUT2D eigenvalue weighted by molar-refractivity contribution is -0.143. The lowest BCUT2D eigenvalue weighted by atomic mass is 9.98.